The summed E-state index contributed by atoms with van der Waals surface area (Å²) in [6, 6.07) is 9.37. The van der Waals surface area contributed by atoms with Gasteiger partial charge >= 0.3 is 0 Å². The summed E-state index contributed by atoms with van der Waals surface area (Å²) in [5.74, 6) is 1.15. The molecule has 1 amide bonds. The van der Waals surface area contributed by atoms with Crippen molar-refractivity contribution in [2.45, 2.75) is 39.0 Å². The van der Waals surface area contributed by atoms with Gasteiger partial charge in [0.1, 0.15) is 6.10 Å². The Morgan fingerprint density at radius 3 is 2.64 bits per heavy atom. The van der Waals surface area contributed by atoms with Crippen molar-refractivity contribution in [3.8, 4) is 0 Å². The van der Waals surface area contributed by atoms with Crippen LogP contribution in [0.5, 0.6) is 0 Å². The van der Waals surface area contributed by atoms with Crippen molar-refractivity contribution in [2.24, 2.45) is 5.73 Å². The van der Waals surface area contributed by atoms with Crippen LogP contribution >= 0.6 is 0 Å². The molecule has 2 atom stereocenters. The highest BCUT2D eigenvalue weighted by Gasteiger charge is 2.26. The number of amides is 1. The maximum Gasteiger partial charge on any atom is 0.240 e. The molecule has 3 rings (SSSR count). The molecule has 0 spiro atoms. The Bertz CT molecular complexity index is 743. The molecular weight excluding hydrogens is 358 g/mol. The topological polar surface area (TPSA) is 97.7 Å². The zero-order valence-electron chi connectivity index (χ0n) is 16.6. The molecule has 1 aromatic carbocycles. The highest BCUT2D eigenvalue weighted by atomic mass is 16.5. The van der Waals surface area contributed by atoms with Crippen molar-refractivity contribution in [3.05, 3.63) is 47.6 Å². The fraction of sp³-hybridized carbons (Fsp3) is 0.550. The second-order valence-corrected chi connectivity index (χ2v) is 7.04. The lowest BCUT2D eigenvalue weighted by Crippen LogP contribution is -2.53. The van der Waals surface area contributed by atoms with Crippen LogP contribution in [0.4, 0.5) is 0 Å². The molecule has 2 heterocycles. The predicted molar refractivity (Wildman–Crippen MR) is 104 cm³/mol. The van der Waals surface area contributed by atoms with Gasteiger partial charge in [-0.05, 0) is 25.8 Å². The molecule has 2 N–H and O–H groups in total. The average Bonchev–Trinajstić information content (AvgIpc) is 3.17. The molecule has 152 valence electrons. The van der Waals surface area contributed by atoms with Crippen LogP contribution in [-0.4, -0.2) is 64.7 Å². The van der Waals surface area contributed by atoms with Gasteiger partial charge in [-0.15, -0.1) is 0 Å². The molecule has 8 heteroatoms. The normalized spacial score (nSPS) is 17.5. The SMILES string of the molecule is CCOC(C)c1noc(CN2CCN(C(=O)C(N)Cc3ccccc3)CC2)n1. The van der Waals surface area contributed by atoms with Gasteiger partial charge in [0.05, 0.1) is 12.6 Å². The van der Waals surface area contributed by atoms with Crippen molar-refractivity contribution in [1.82, 2.24) is 19.9 Å². The number of hydrogen-bond donors (Lipinski definition) is 1. The maximum atomic E-state index is 12.6. The summed E-state index contributed by atoms with van der Waals surface area (Å²) >= 11 is 0. The third kappa shape index (κ3) is 5.37. The van der Waals surface area contributed by atoms with Gasteiger partial charge in [0.15, 0.2) is 5.82 Å². The third-order valence-electron chi connectivity index (χ3n) is 4.92. The van der Waals surface area contributed by atoms with Crippen LogP contribution < -0.4 is 5.73 Å². The van der Waals surface area contributed by atoms with E-state index in [1.807, 2.05) is 49.1 Å². The second-order valence-electron chi connectivity index (χ2n) is 7.04. The van der Waals surface area contributed by atoms with E-state index in [9.17, 15) is 4.79 Å². The van der Waals surface area contributed by atoms with Gasteiger partial charge in [0, 0.05) is 32.8 Å². The number of carbonyl (C=O) groups excluding carboxylic acids is 1. The van der Waals surface area contributed by atoms with Crippen LogP contribution in [0.25, 0.3) is 0 Å². The molecule has 2 aromatic rings. The van der Waals surface area contributed by atoms with E-state index in [1.165, 1.54) is 0 Å². The smallest absolute Gasteiger partial charge is 0.240 e. The van der Waals surface area contributed by atoms with Gasteiger partial charge in [-0.25, -0.2) is 0 Å². The van der Waals surface area contributed by atoms with E-state index in [0.717, 1.165) is 18.7 Å². The molecule has 28 heavy (non-hydrogen) atoms. The Morgan fingerprint density at radius 2 is 1.96 bits per heavy atom. The first-order chi connectivity index (χ1) is 13.6. The molecule has 1 aliphatic rings. The van der Waals surface area contributed by atoms with Crippen molar-refractivity contribution >= 4 is 5.91 Å². The van der Waals surface area contributed by atoms with Gasteiger partial charge in [0.25, 0.3) is 0 Å². The Labute approximate surface area is 165 Å². The zero-order chi connectivity index (χ0) is 19.9. The molecule has 2 unspecified atom stereocenters. The number of aromatic nitrogens is 2. The lowest BCUT2D eigenvalue weighted by atomic mass is 10.1. The Balaban J connectivity index is 1.45. The van der Waals surface area contributed by atoms with Crippen LogP contribution in [-0.2, 0) is 22.5 Å². The van der Waals surface area contributed by atoms with Crippen molar-refractivity contribution in [2.75, 3.05) is 32.8 Å². The van der Waals surface area contributed by atoms with E-state index in [4.69, 9.17) is 15.0 Å². The van der Waals surface area contributed by atoms with E-state index in [-0.39, 0.29) is 12.0 Å². The monoisotopic (exact) mass is 387 g/mol. The number of nitrogens with zero attached hydrogens (tertiary/aromatic N) is 4. The standard InChI is InChI=1S/C20H29N5O3/c1-3-27-15(2)19-22-18(28-23-19)14-24-9-11-25(12-10-24)20(26)17(21)13-16-7-5-4-6-8-16/h4-8,15,17H,3,9-14,21H2,1-2H3. The Kier molecular flexibility index (Phi) is 7.13. The second kappa shape index (κ2) is 9.77. The van der Waals surface area contributed by atoms with E-state index in [0.29, 0.717) is 44.4 Å². The first-order valence-electron chi connectivity index (χ1n) is 9.81. The summed E-state index contributed by atoms with van der Waals surface area (Å²) in [4.78, 5) is 21.1. The minimum absolute atomic E-state index is 0.00844. The number of carbonyl (C=O) groups is 1. The minimum atomic E-state index is -0.507. The first kappa shape index (κ1) is 20.4. The van der Waals surface area contributed by atoms with E-state index in [1.54, 1.807) is 0 Å². The molecule has 8 nitrogen and oxygen atoms in total. The van der Waals surface area contributed by atoms with Crippen LogP contribution in [0.1, 0.15) is 37.2 Å². The van der Waals surface area contributed by atoms with E-state index in [2.05, 4.69) is 15.0 Å². The van der Waals surface area contributed by atoms with E-state index < -0.39 is 6.04 Å². The van der Waals surface area contributed by atoms with Crippen LogP contribution in [0.2, 0.25) is 0 Å². The highest BCUT2D eigenvalue weighted by Crippen LogP contribution is 2.15. The number of hydrogen-bond acceptors (Lipinski definition) is 7. The summed E-state index contributed by atoms with van der Waals surface area (Å²) in [7, 11) is 0. The Hall–Kier alpha value is -2.29. The van der Waals surface area contributed by atoms with Crippen LogP contribution in [0, 0.1) is 0 Å². The van der Waals surface area contributed by atoms with Crippen LogP contribution in [0.3, 0.4) is 0 Å². The van der Waals surface area contributed by atoms with Gasteiger partial charge in [-0.3, -0.25) is 9.69 Å². The zero-order valence-corrected chi connectivity index (χ0v) is 16.6. The number of ether oxygens (including phenoxy) is 1. The fourth-order valence-electron chi connectivity index (χ4n) is 3.33. The quantitative estimate of drug-likeness (QED) is 0.731. The number of benzene rings is 1. The fourth-order valence-corrected chi connectivity index (χ4v) is 3.33. The molecule has 1 aromatic heterocycles. The molecule has 1 aliphatic heterocycles. The largest absolute Gasteiger partial charge is 0.371 e. The maximum absolute atomic E-state index is 12.6. The van der Waals surface area contributed by atoms with Gasteiger partial charge < -0.3 is 19.9 Å². The van der Waals surface area contributed by atoms with Crippen molar-refractivity contribution in [3.63, 3.8) is 0 Å². The molecular formula is C20H29N5O3. The summed E-state index contributed by atoms with van der Waals surface area (Å²) < 4.78 is 10.8. The van der Waals surface area contributed by atoms with Crippen LogP contribution in [0.15, 0.2) is 34.9 Å². The van der Waals surface area contributed by atoms with Crippen molar-refractivity contribution < 1.29 is 14.1 Å². The van der Waals surface area contributed by atoms with E-state index >= 15 is 0 Å². The molecule has 0 saturated carbocycles. The Morgan fingerprint density at radius 1 is 1.25 bits per heavy atom. The summed E-state index contributed by atoms with van der Waals surface area (Å²) in [5.41, 5.74) is 7.22. The molecule has 0 bridgehead atoms. The summed E-state index contributed by atoms with van der Waals surface area (Å²) in [5, 5.41) is 3.99. The van der Waals surface area contributed by atoms with Gasteiger partial charge in [0.2, 0.25) is 11.8 Å². The minimum Gasteiger partial charge on any atom is -0.371 e. The number of rotatable bonds is 8. The average molecular weight is 387 g/mol. The van der Waals surface area contributed by atoms with Gasteiger partial charge in [-0.2, -0.15) is 4.98 Å². The molecule has 1 saturated heterocycles. The first-order valence-corrected chi connectivity index (χ1v) is 9.81. The summed E-state index contributed by atoms with van der Waals surface area (Å²) in [6.07, 6.45) is 0.380. The van der Waals surface area contributed by atoms with Gasteiger partial charge in [-0.1, -0.05) is 35.5 Å². The third-order valence-corrected chi connectivity index (χ3v) is 4.92. The molecule has 0 radical (unpaired) electrons. The summed E-state index contributed by atoms with van der Waals surface area (Å²) in [6.45, 7) is 7.82. The molecule has 1 fully saturated rings. The lowest BCUT2D eigenvalue weighted by molar-refractivity contribution is -0.134. The highest BCUT2D eigenvalue weighted by molar-refractivity contribution is 5.82. The predicted octanol–water partition coefficient (Wildman–Crippen LogP) is 1.38. The number of nitrogens with two attached hydrogens (primary N) is 1. The lowest BCUT2D eigenvalue weighted by Gasteiger charge is -2.35. The van der Waals surface area contributed by atoms with Crippen molar-refractivity contribution in [1.29, 1.82) is 0 Å². The number of piperazine rings is 1. The molecule has 0 aliphatic carbocycles.